The number of likely N-dealkylation sites (tertiary alicyclic amines) is 1. The van der Waals surface area contributed by atoms with Crippen LogP contribution in [0.3, 0.4) is 0 Å². The van der Waals surface area contributed by atoms with E-state index >= 15 is 0 Å². The van der Waals surface area contributed by atoms with Gasteiger partial charge in [0.2, 0.25) is 0 Å². The summed E-state index contributed by atoms with van der Waals surface area (Å²) in [5.41, 5.74) is 6.53. The summed E-state index contributed by atoms with van der Waals surface area (Å²) in [6, 6.07) is 12.1. The Morgan fingerprint density at radius 2 is 1.85 bits per heavy atom. The smallest absolute Gasteiger partial charge is 0.335 e. The van der Waals surface area contributed by atoms with Gasteiger partial charge in [-0.3, -0.25) is 0 Å². The number of carbonyl (C=O) groups is 1. The molecule has 1 aromatic heterocycles. The minimum atomic E-state index is -0.871. The highest BCUT2D eigenvalue weighted by atomic mass is 35.5. The third-order valence-corrected chi connectivity index (χ3v) is 9.77. The number of rotatable bonds is 8. The molecule has 214 valence electrons. The van der Waals surface area contributed by atoms with Crippen molar-refractivity contribution in [2.75, 3.05) is 51.3 Å². The van der Waals surface area contributed by atoms with Gasteiger partial charge in [0.15, 0.2) is 0 Å². The number of aromatic carboxylic acids is 1. The van der Waals surface area contributed by atoms with Crippen LogP contribution < -0.4 is 4.90 Å². The number of halogens is 1. The third-order valence-electron chi connectivity index (χ3n) is 9.53. The molecular formula is C33H42ClN3O3. The fraction of sp³-hybridized carbons (Fsp3) is 0.545. The zero-order chi connectivity index (χ0) is 27.6. The number of carboxylic acids is 1. The molecule has 6 nitrogen and oxygen atoms in total. The van der Waals surface area contributed by atoms with Crippen LogP contribution in [0.4, 0.5) is 5.69 Å². The first-order valence-electron chi connectivity index (χ1n) is 15.2. The summed E-state index contributed by atoms with van der Waals surface area (Å²) in [5.74, 6) is 0.341. The van der Waals surface area contributed by atoms with Crippen molar-refractivity contribution in [2.45, 2.75) is 63.8 Å². The van der Waals surface area contributed by atoms with Crippen molar-refractivity contribution in [3.63, 3.8) is 0 Å². The molecule has 7 heteroatoms. The largest absolute Gasteiger partial charge is 0.478 e. The second kappa shape index (κ2) is 12.1. The zero-order valence-electron chi connectivity index (χ0n) is 23.7. The molecule has 0 amide bonds. The Morgan fingerprint density at radius 3 is 2.65 bits per heavy atom. The molecule has 0 spiro atoms. The number of aromatic nitrogens is 1. The maximum Gasteiger partial charge on any atom is 0.335 e. The molecule has 6 rings (SSSR count). The van der Waals surface area contributed by atoms with Crippen molar-refractivity contribution in [2.24, 2.45) is 5.92 Å². The summed E-state index contributed by atoms with van der Waals surface area (Å²) >= 11 is 6.64. The van der Waals surface area contributed by atoms with Gasteiger partial charge in [0.25, 0.3) is 0 Å². The number of nitrogens with zero attached hydrogens (tertiary/aromatic N) is 3. The Bertz CT molecular complexity index is 1360. The second-order valence-corrected chi connectivity index (χ2v) is 12.5. The van der Waals surface area contributed by atoms with E-state index in [9.17, 15) is 9.90 Å². The molecule has 1 N–H and O–H groups in total. The Balaban J connectivity index is 1.37. The topological polar surface area (TPSA) is 57.9 Å². The van der Waals surface area contributed by atoms with Gasteiger partial charge in [-0.2, -0.15) is 0 Å². The SMILES string of the molecule is COCC[C@@H]1CCCN(CCN2CCn3c(c(C4CCCCC4)c4ccc(C(=O)O)cc43)-c3ccc(Cl)cc32)C1. The van der Waals surface area contributed by atoms with Crippen molar-refractivity contribution < 1.29 is 14.6 Å². The molecule has 1 saturated heterocycles. The van der Waals surface area contributed by atoms with Crippen LogP contribution in [0, 0.1) is 5.92 Å². The number of fused-ring (bicyclic) bond motifs is 5. The number of methoxy groups -OCH3 is 1. The molecule has 3 aromatic rings. The van der Waals surface area contributed by atoms with E-state index in [2.05, 4.69) is 32.6 Å². The quantitative estimate of drug-likeness (QED) is 0.312. The third kappa shape index (κ3) is 5.50. The standard InChI is InChI=1S/C33H42ClN3O3/c1-40-19-13-23-6-5-14-35(22-23)15-16-36-17-18-37-30-20-25(33(38)39)9-11-27(30)31(24-7-3-2-4-8-24)32(37)28-12-10-26(34)21-29(28)36/h9-12,20-21,23-24H,2-8,13-19,22H2,1H3,(H,38,39)/t23-/m0/s1. The fourth-order valence-electron chi connectivity index (χ4n) is 7.51. The summed E-state index contributed by atoms with van der Waals surface area (Å²) in [4.78, 5) is 17.1. The summed E-state index contributed by atoms with van der Waals surface area (Å²) < 4.78 is 7.77. The van der Waals surface area contributed by atoms with Crippen LogP contribution in [0.5, 0.6) is 0 Å². The molecule has 1 saturated carbocycles. The van der Waals surface area contributed by atoms with Crippen LogP contribution in [-0.4, -0.2) is 67.0 Å². The molecule has 0 unspecified atom stereocenters. The second-order valence-electron chi connectivity index (χ2n) is 12.0. The lowest BCUT2D eigenvalue weighted by Gasteiger charge is -2.35. The summed E-state index contributed by atoms with van der Waals surface area (Å²) in [6.45, 7) is 6.82. The Kier molecular flexibility index (Phi) is 8.38. The molecular weight excluding hydrogens is 522 g/mol. The number of hydrogen-bond acceptors (Lipinski definition) is 4. The number of piperidine rings is 1. The molecule has 3 aliphatic rings. The van der Waals surface area contributed by atoms with Crippen molar-refractivity contribution in [3.8, 4) is 11.3 Å². The van der Waals surface area contributed by atoms with E-state index in [1.807, 2.05) is 12.1 Å². The lowest BCUT2D eigenvalue weighted by molar-refractivity contribution is 0.0697. The van der Waals surface area contributed by atoms with Gasteiger partial charge >= 0.3 is 5.97 Å². The van der Waals surface area contributed by atoms with E-state index < -0.39 is 5.97 Å². The Morgan fingerprint density at radius 1 is 1.00 bits per heavy atom. The maximum absolute atomic E-state index is 12.0. The minimum Gasteiger partial charge on any atom is -0.478 e. The van der Waals surface area contributed by atoms with E-state index in [1.54, 1.807) is 13.2 Å². The predicted octanol–water partition coefficient (Wildman–Crippen LogP) is 7.28. The van der Waals surface area contributed by atoms with E-state index in [0.717, 1.165) is 62.8 Å². The summed E-state index contributed by atoms with van der Waals surface area (Å²) in [7, 11) is 1.80. The molecule has 0 bridgehead atoms. The van der Waals surface area contributed by atoms with E-state index in [0.29, 0.717) is 17.4 Å². The van der Waals surface area contributed by atoms with Crippen LogP contribution in [-0.2, 0) is 11.3 Å². The number of benzene rings is 2. The van der Waals surface area contributed by atoms with Crippen LogP contribution in [0.25, 0.3) is 22.2 Å². The predicted molar refractivity (Wildman–Crippen MR) is 163 cm³/mol. The Hall–Kier alpha value is -2.54. The molecule has 3 heterocycles. The Labute approximate surface area is 242 Å². The van der Waals surface area contributed by atoms with Gasteiger partial charge in [0.1, 0.15) is 0 Å². The van der Waals surface area contributed by atoms with Gasteiger partial charge < -0.3 is 24.2 Å². The lowest BCUT2D eigenvalue weighted by Crippen LogP contribution is -2.41. The van der Waals surface area contributed by atoms with Gasteiger partial charge in [0.05, 0.1) is 11.3 Å². The molecule has 1 aliphatic carbocycles. The van der Waals surface area contributed by atoms with E-state index in [1.165, 1.54) is 72.8 Å². The molecule has 2 aliphatic heterocycles. The van der Waals surface area contributed by atoms with Crippen molar-refractivity contribution in [1.82, 2.24) is 9.47 Å². The maximum atomic E-state index is 12.0. The van der Waals surface area contributed by atoms with Crippen LogP contribution >= 0.6 is 11.6 Å². The number of carboxylic acid groups (broad SMARTS) is 1. The summed E-state index contributed by atoms with van der Waals surface area (Å²) in [6.07, 6.45) is 9.89. The number of anilines is 1. The van der Waals surface area contributed by atoms with Crippen LogP contribution in [0.2, 0.25) is 5.02 Å². The number of ether oxygens (including phenoxy) is 1. The molecule has 40 heavy (non-hydrogen) atoms. The number of hydrogen-bond donors (Lipinski definition) is 1. The molecule has 2 fully saturated rings. The first-order chi connectivity index (χ1) is 19.5. The normalized spacial score (nSPS) is 20.4. The summed E-state index contributed by atoms with van der Waals surface area (Å²) in [5, 5.41) is 11.8. The zero-order valence-corrected chi connectivity index (χ0v) is 24.5. The molecule has 2 aromatic carbocycles. The van der Waals surface area contributed by atoms with Gasteiger partial charge in [-0.25, -0.2) is 4.79 Å². The van der Waals surface area contributed by atoms with Gasteiger partial charge in [-0.05, 0) is 86.4 Å². The van der Waals surface area contributed by atoms with Crippen molar-refractivity contribution in [3.05, 3.63) is 52.5 Å². The molecule has 1 atom stereocenters. The average Bonchev–Trinajstić information content (AvgIpc) is 3.21. The van der Waals surface area contributed by atoms with Gasteiger partial charge in [0, 0.05) is 73.6 Å². The lowest BCUT2D eigenvalue weighted by atomic mass is 9.81. The highest BCUT2D eigenvalue weighted by Crippen LogP contribution is 2.48. The molecule has 0 radical (unpaired) electrons. The van der Waals surface area contributed by atoms with Crippen LogP contribution in [0.15, 0.2) is 36.4 Å². The minimum absolute atomic E-state index is 0.355. The fourth-order valence-corrected chi connectivity index (χ4v) is 7.68. The average molecular weight is 564 g/mol. The van der Waals surface area contributed by atoms with Crippen LogP contribution in [0.1, 0.15) is 73.2 Å². The first-order valence-corrected chi connectivity index (χ1v) is 15.6. The van der Waals surface area contributed by atoms with Crippen molar-refractivity contribution >= 4 is 34.2 Å². The van der Waals surface area contributed by atoms with Gasteiger partial charge in [-0.15, -0.1) is 0 Å². The monoisotopic (exact) mass is 563 g/mol. The highest BCUT2D eigenvalue weighted by molar-refractivity contribution is 6.31. The van der Waals surface area contributed by atoms with Crippen molar-refractivity contribution in [1.29, 1.82) is 0 Å². The van der Waals surface area contributed by atoms with Gasteiger partial charge in [-0.1, -0.05) is 36.9 Å². The van der Waals surface area contributed by atoms with E-state index in [-0.39, 0.29) is 0 Å². The van der Waals surface area contributed by atoms with E-state index in [4.69, 9.17) is 16.3 Å². The highest BCUT2D eigenvalue weighted by Gasteiger charge is 2.31. The first kappa shape index (κ1) is 27.6.